The molecule has 4 nitrogen and oxygen atoms in total. The van der Waals surface area contributed by atoms with Gasteiger partial charge in [0, 0.05) is 12.8 Å². The van der Waals surface area contributed by atoms with Crippen molar-refractivity contribution in [2.24, 2.45) is 17.3 Å². The van der Waals surface area contributed by atoms with E-state index in [-0.39, 0.29) is 23.7 Å². The minimum Gasteiger partial charge on any atom is -0.393 e. The van der Waals surface area contributed by atoms with Crippen LogP contribution in [0.2, 0.25) is 0 Å². The fourth-order valence-electron chi connectivity index (χ4n) is 6.20. The number of alkyl halides is 2. The van der Waals surface area contributed by atoms with Crippen molar-refractivity contribution in [1.82, 2.24) is 0 Å². The Balaban J connectivity index is 1.75. The van der Waals surface area contributed by atoms with Crippen molar-refractivity contribution in [3.05, 3.63) is 47.1 Å². The van der Waals surface area contributed by atoms with Crippen molar-refractivity contribution in [1.29, 1.82) is 0 Å². The smallest absolute Gasteiger partial charge is 0.346 e. The zero-order chi connectivity index (χ0) is 26.4. The van der Waals surface area contributed by atoms with E-state index in [9.17, 15) is 27.4 Å². The van der Waals surface area contributed by atoms with Crippen LogP contribution in [-0.4, -0.2) is 40.8 Å². The van der Waals surface area contributed by atoms with Crippen molar-refractivity contribution >= 4 is 9.84 Å². The van der Waals surface area contributed by atoms with Crippen LogP contribution in [0.3, 0.4) is 0 Å². The van der Waals surface area contributed by atoms with E-state index in [0.717, 1.165) is 36.8 Å². The standard InChI is InChI=1S/C28H42F2O4S/c1-18(13-15-28(29,30)35(33,34)26(3,4)5)23-11-12-24-20(8-7-14-27(23,24)6)9-10-21-16-22(31)17-25(32)19(21)2/h9-11,18,22,24-25,31-32H,2,7-8,12-17H2,1,3-6H3/b20-9+,21-10-/t18-,22-,24+,25+,27-/m1/s1. The first-order valence-electron chi connectivity index (χ1n) is 12.8. The highest BCUT2D eigenvalue weighted by atomic mass is 32.2. The molecular formula is C28H42F2O4S. The minimum absolute atomic E-state index is 0.120. The number of hydrogen-bond acceptors (Lipinski definition) is 4. The summed E-state index contributed by atoms with van der Waals surface area (Å²) in [5.41, 5.74) is 3.86. The number of hydrogen-bond donors (Lipinski definition) is 2. The molecule has 0 heterocycles. The minimum atomic E-state index is -4.58. The van der Waals surface area contributed by atoms with Gasteiger partial charge in [0.05, 0.1) is 17.0 Å². The fraction of sp³-hybridized carbons (Fsp3) is 0.714. The third-order valence-corrected chi connectivity index (χ3v) is 11.1. The van der Waals surface area contributed by atoms with Crippen molar-refractivity contribution in [3.8, 4) is 0 Å². The van der Waals surface area contributed by atoms with E-state index >= 15 is 0 Å². The van der Waals surface area contributed by atoms with Gasteiger partial charge in [-0.2, -0.15) is 8.78 Å². The topological polar surface area (TPSA) is 74.6 Å². The summed E-state index contributed by atoms with van der Waals surface area (Å²) in [6, 6.07) is 0. The molecule has 0 aromatic carbocycles. The molecule has 0 radical (unpaired) electrons. The van der Waals surface area contributed by atoms with Crippen LogP contribution in [0.4, 0.5) is 8.78 Å². The van der Waals surface area contributed by atoms with E-state index in [4.69, 9.17) is 0 Å². The average molecular weight is 513 g/mol. The molecule has 0 unspecified atom stereocenters. The Bertz CT molecular complexity index is 1030. The van der Waals surface area contributed by atoms with Crippen LogP contribution in [0.15, 0.2) is 47.1 Å². The Hall–Kier alpha value is -1.31. The number of aliphatic hydroxyl groups is 2. The predicted molar refractivity (Wildman–Crippen MR) is 137 cm³/mol. The maximum Gasteiger partial charge on any atom is 0.346 e. The second-order valence-corrected chi connectivity index (χ2v) is 14.8. The van der Waals surface area contributed by atoms with Crippen LogP contribution in [0, 0.1) is 17.3 Å². The monoisotopic (exact) mass is 512 g/mol. The van der Waals surface area contributed by atoms with E-state index in [1.165, 1.54) is 26.3 Å². The number of fused-ring (bicyclic) bond motifs is 1. The lowest BCUT2D eigenvalue weighted by atomic mass is 9.62. The molecule has 0 bridgehead atoms. The van der Waals surface area contributed by atoms with Gasteiger partial charge in [-0.25, -0.2) is 8.42 Å². The lowest BCUT2D eigenvalue weighted by Gasteiger charge is -2.42. The zero-order valence-corrected chi connectivity index (χ0v) is 22.6. The lowest BCUT2D eigenvalue weighted by Crippen LogP contribution is -2.42. The Morgan fingerprint density at radius 3 is 2.54 bits per heavy atom. The van der Waals surface area contributed by atoms with E-state index < -0.39 is 38.5 Å². The highest BCUT2D eigenvalue weighted by molar-refractivity contribution is 7.93. The highest BCUT2D eigenvalue weighted by Gasteiger charge is 2.52. The predicted octanol–water partition coefficient (Wildman–Crippen LogP) is 6.27. The molecule has 0 aromatic heterocycles. The average Bonchev–Trinajstić information content (AvgIpc) is 3.10. The number of sulfone groups is 1. The summed E-state index contributed by atoms with van der Waals surface area (Å²) in [6.45, 7) is 12.1. The maximum atomic E-state index is 14.7. The van der Waals surface area contributed by atoms with Gasteiger partial charge in [-0.1, -0.05) is 49.8 Å². The number of aliphatic hydroxyl groups excluding tert-OH is 2. The number of rotatable bonds is 6. The third kappa shape index (κ3) is 5.37. The van der Waals surface area contributed by atoms with Gasteiger partial charge in [0.15, 0.2) is 0 Å². The quantitative estimate of drug-likeness (QED) is 0.411. The van der Waals surface area contributed by atoms with Gasteiger partial charge in [0.25, 0.3) is 0 Å². The van der Waals surface area contributed by atoms with Crippen molar-refractivity contribution in [2.45, 2.75) is 108 Å². The Morgan fingerprint density at radius 1 is 1.26 bits per heavy atom. The summed E-state index contributed by atoms with van der Waals surface area (Å²) in [7, 11) is -4.58. The summed E-state index contributed by atoms with van der Waals surface area (Å²) in [4.78, 5) is 0. The fourth-order valence-corrected chi connectivity index (χ4v) is 7.49. The molecule has 3 rings (SSSR count). The second kappa shape index (κ2) is 9.86. The van der Waals surface area contributed by atoms with Gasteiger partial charge >= 0.3 is 5.25 Å². The SMILES string of the molecule is C=C1/C(=C\C=C2/CCC[C@]3(C)C([C@H](C)CCC(F)(F)S(=O)(=O)C(C)(C)C)=CC[C@@H]23)C[C@@H](O)C[C@@H]1O. The van der Waals surface area contributed by atoms with Gasteiger partial charge in [0.1, 0.15) is 0 Å². The first-order valence-corrected chi connectivity index (χ1v) is 14.3. The second-order valence-electron chi connectivity index (χ2n) is 12.0. The normalized spacial score (nSPS) is 33.7. The maximum absolute atomic E-state index is 14.7. The van der Waals surface area contributed by atoms with Crippen LogP contribution in [-0.2, 0) is 9.84 Å². The van der Waals surface area contributed by atoms with Crippen LogP contribution in [0.5, 0.6) is 0 Å². The molecule has 3 aliphatic rings. The Labute approximate surface area is 209 Å². The molecule has 0 amide bonds. The largest absolute Gasteiger partial charge is 0.393 e. The molecule has 198 valence electrons. The van der Waals surface area contributed by atoms with Crippen LogP contribution >= 0.6 is 0 Å². The molecule has 5 atom stereocenters. The molecule has 35 heavy (non-hydrogen) atoms. The van der Waals surface area contributed by atoms with E-state index in [2.05, 4.69) is 25.7 Å². The van der Waals surface area contributed by atoms with Crippen molar-refractivity contribution in [2.75, 3.05) is 0 Å². The van der Waals surface area contributed by atoms with Crippen LogP contribution in [0.25, 0.3) is 0 Å². The van der Waals surface area contributed by atoms with Crippen molar-refractivity contribution in [3.63, 3.8) is 0 Å². The molecule has 2 fully saturated rings. The van der Waals surface area contributed by atoms with Crippen molar-refractivity contribution < 1.29 is 27.4 Å². The third-order valence-electron chi connectivity index (χ3n) is 8.47. The molecule has 0 saturated heterocycles. The Kier molecular flexibility index (Phi) is 7.97. The summed E-state index contributed by atoms with van der Waals surface area (Å²) < 4.78 is 52.7. The van der Waals surface area contributed by atoms with Gasteiger partial charge in [0.2, 0.25) is 9.84 Å². The van der Waals surface area contributed by atoms with Gasteiger partial charge in [-0.15, -0.1) is 0 Å². The number of halogens is 2. The van der Waals surface area contributed by atoms with E-state index in [1.54, 1.807) is 0 Å². The molecule has 0 spiro atoms. The van der Waals surface area contributed by atoms with Gasteiger partial charge in [-0.3, -0.25) is 0 Å². The van der Waals surface area contributed by atoms with Crippen LogP contribution in [0.1, 0.15) is 86.0 Å². The highest BCUT2D eigenvalue weighted by Crippen LogP contribution is 2.57. The first kappa shape index (κ1) is 28.3. The molecule has 2 N–H and O–H groups in total. The van der Waals surface area contributed by atoms with Gasteiger partial charge in [-0.05, 0) is 87.7 Å². The summed E-state index contributed by atoms with van der Waals surface area (Å²) in [6.07, 6.45) is 8.99. The lowest BCUT2D eigenvalue weighted by molar-refractivity contribution is 0.0723. The van der Waals surface area contributed by atoms with E-state index in [1.807, 2.05) is 13.0 Å². The molecule has 2 saturated carbocycles. The van der Waals surface area contributed by atoms with Gasteiger partial charge < -0.3 is 10.2 Å². The molecule has 0 aromatic rings. The van der Waals surface area contributed by atoms with E-state index in [0.29, 0.717) is 18.4 Å². The Morgan fingerprint density at radius 2 is 1.91 bits per heavy atom. The molecule has 0 aliphatic heterocycles. The molecule has 7 heteroatoms. The summed E-state index contributed by atoms with van der Waals surface area (Å²) in [5.74, 6) is 0.142. The number of allylic oxidation sites excluding steroid dienone is 5. The molecule has 3 aliphatic carbocycles. The summed E-state index contributed by atoms with van der Waals surface area (Å²) in [5, 5.41) is 16.4. The molecular weight excluding hydrogens is 470 g/mol. The summed E-state index contributed by atoms with van der Waals surface area (Å²) >= 11 is 0. The first-order chi connectivity index (χ1) is 16.0. The van der Waals surface area contributed by atoms with Crippen LogP contribution < -0.4 is 0 Å². The zero-order valence-electron chi connectivity index (χ0n) is 21.8.